The topological polar surface area (TPSA) is 106 Å². The third kappa shape index (κ3) is 5.43. The molecule has 1 unspecified atom stereocenters. The maximum absolute atomic E-state index is 12.9. The molecule has 0 spiro atoms. The van der Waals surface area contributed by atoms with Crippen LogP contribution in [0.1, 0.15) is 23.7 Å². The van der Waals surface area contributed by atoms with Gasteiger partial charge in [-0.3, -0.25) is 19.7 Å². The lowest BCUT2D eigenvalue weighted by Crippen LogP contribution is -2.44. The molecule has 1 aromatic heterocycles. The fraction of sp³-hybridized carbons (Fsp3) is 0.273. The Hall–Kier alpha value is -3.33. The summed E-state index contributed by atoms with van der Waals surface area (Å²) in [4.78, 5) is 36.0. The van der Waals surface area contributed by atoms with Crippen LogP contribution >= 0.6 is 11.8 Å². The Balaban J connectivity index is 1.75. The Labute approximate surface area is 184 Å². The first-order chi connectivity index (χ1) is 14.9. The van der Waals surface area contributed by atoms with Gasteiger partial charge in [0, 0.05) is 47.0 Å². The summed E-state index contributed by atoms with van der Waals surface area (Å²) in [5.41, 5.74) is 1.69. The standard InChI is InChI=1S/C22H24N4O4S/c1-3-25-11-9-15-13-17(7-8-20(15)25)23-22(28)19(10-12-31-2)24-21(27)16-5-4-6-18(14-16)26(29)30/h4-9,11,13-14,19H,3,10,12H2,1-2H3,(H,23,28)(H,24,27). The molecule has 162 valence electrons. The van der Waals surface area contributed by atoms with Gasteiger partial charge >= 0.3 is 0 Å². The van der Waals surface area contributed by atoms with Gasteiger partial charge in [0.15, 0.2) is 0 Å². The second-order valence-corrected chi connectivity index (χ2v) is 7.97. The zero-order valence-corrected chi connectivity index (χ0v) is 18.1. The second kappa shape index (κ2) is 10.1. The predicted octanol–water partition coefficient (Wildman–Crippen LogP) is 4.06. The van der Waals surface area contributed by atoms with E-state index in [1.807, 2.05) is 36.7 Å². The van der Waals surface area contributed by atoms with Crippen LogP contribution in [-0.2, 0) is 11.3 Å². The van der Waals surface area contributed by atoms with Crippen LogP contribution in [0.25, 0.3) is 10.9 Å². The van der Waals surface area contributed by atoms with Crippen molar-refractivity contribution in [2.24, 2.45) is 0 Å². The maximum atomic E-state index is 12.9. The summed E-state index contributed by atoms with van der Waals surface area (Å²) in [6.45, 7) is 2.92. The molecular weight excluding hydrogens is 416 g/mol. The van der Waals surface area contributed by atoms with Crippen LogP contribution in [0.3, 0.4) is 0 Å². The zero-order chi connectivity index (χ0) is 22.4. The van der Waals surface area contributed by atoms with E-state index in [4.69, 9.17) is 0 Å². The number of nitrogens with zero attached hydrogens (tertiary/aromatic N) is 2. The van der Waals surface area contributed by atoms with Gasteiger partial charge in [-0.2, -0.15) is 11.8 Å². The minimum absolute atomic E-state index is 0.137. The third-order valence-corrected chi connectivity index (χ3v) is 5.57. The molecule has 3 rings (SSSR count). The fourth-order valence-corrected chi connectivity index (χ4v) is 3.76. The van der Waals surface area contributed by atoms with Crippen LogP contribution in [-0.4, -0.2) is 39.4 Å². The number of hydrogen-bond acceptors (Lipinski definition) is 5. The second-order valence-electron chi connectivity index (χ2n) is 6.98. The van der Waals surface area contributed by atoms with Crippen molar-refractivity contribution in [1.82, 2.24) is 9.88 Å². The Morgan fingerprint density at radius 1 is 1.19 bits per heavy atom. The maximum Gasteiger partial charge on any atom is 0.270 e. The van der Waals surface area contributed by atoms with E-state index in [0.717, 1.165) is 17.4 Å². The van der Waals surface area contributed by atoms with Gasteiger partial charge in [-0.05, 0) is 55.7 Å². The molecule has 0 aliphatic carbocycles. The van der Waals surface area contributed by atoms with E-state index < -0.39 is 16.9 Å². The Bertz CT molecular complexity index is 1110. The molecule has 0 aliphatic heterocycles. The molecule has 0 fully saturated rings. The Morgan fingerprint density at radius 3 is 2.71 bits per heavy atom. The molecule has 1 heterocycles. The van der Waals surface area contributed by atoms with E-state index in [0.29, 0.717) is 17.9 Å². The summed E-state index contributed by atoms with van der Waals surface area (Å²) >= 11 is 1.57. The smallest absolute Gasteiger partial charge is 0.270 e. The van der Waals surface area contributed by atoms with Crippen molar-refractivity contribution < 1.29 is 14.5 Å². The van der Waals surface area contributed by atoms with E-state index in [1.165, 1.54) is 24.3 Å². The van der Waals surface area contributed by atoms with Crippen molar-refractivity contribution in [2.45, 2.75) is 25.9 Å². The normalized spacial score (nSPS) is 11.8. The van der Waals surface area contributed by atoms with E-state index in [1.54, 1.807) is 11.8 Å². The lowest BCUT2D eigenvalue weighted by Gasteiger charge is -2.18. The molecule has 3 aromatic rings. The molecule has 0 radical (unpaired) electrons. The van der Waals surface area contributed by atoms with Crippen molar-refractivity contribution in [3.8, 4) is 0 Å². The van der Waals surface area contributed by atoms with Crippen molar-refractivity contribution >= 4 is 45.9 Å². The van der Waals surface area contributed by atoms with Crippen molar-refractivity contribution in [1.29, 1.82) is 0 Å². The van der Waals surface area contributed by atoms with Gasteiger partial charge in [0.2, 0.25) is 5.91 Å². The van der Waals surface area contributed by atoms with Crippen molar-refractivity contribution in [2.75, 3.05) is 17.3 Å². The largest absolute Gasteiger partial charge is 0.348 e. The van der Waals surface area contributed by atoms with Gasteiger partial charge in [-0.25, -0.2) is 0 Å². The first-order valence-electron chi connectivity index (χ1n) is 9.87. The number of fused-ring (bicyclic) bond motifs is 1. The van der Waals surface area contributed by atoms with E-state index in [2.05, 4.69) is 22.1 Å². The number of nitro benzene ring substituents is 1. The molecule has 2 aromatic carbocycles. The average Bonchev–Trinajstić information content (AvgIpc) is 3.18. The average molecular weight is 441 g/mol. The number of carbonyl (C=O) groups excluding carboxylic acids is 2. The molecule has 0 saturated heterocycles. The number of carbonyl (C=O) groups is 2. The van der Waals surface area contributed by atoms with Crippen LogP contribution in [0.4, 0.5) is 11.4 Å². The number of non-ortho nitro benzene ring substituents is 1. The molecule has 8 nitrogen and oxygen atoms in total. The zero-order valence-electron chi connectivity index (χ0n) is 17.3. The van der Waals surface area contributed by atoms with E-state index >= 15 is 0 Å². The highest BCUT2D eigenvalue weighted by Gasteiger charge is 2.22. The van der Waals surface area contributed by atoms with Crippen LogP contribution in [0.15, 0.2) is 54.7 Å². The van der Waals surface area contributed by atoms with Crippen LogP contribution in [0.2, 0.25) is 0 Å². The van der Waals surface area contributed by atoms with Crippen molar-refractivity contribution in [3.05, 3.63) is 70.4 Å². The summed E-state index contributed by atoms with van der Waals surface area (Å²) in [5, 5.41) is 17.6. The van der Waals surface area contributed by atoms with Gasteiger partial charge in [-0.15, -0.1) is 0 Å². The minimum Gasteiger partial charge on any atom is -0.348 e. The number of rotatable bonds is 9. The number of anilines is 1. The fourth-order valence-electron chi connectivity index (χ4n) is 3.29. The van der Waals surface area contributed by atoms with Crippen LogP contribution in [0.5, 0.6) is 0 Å². The number of aromatic nitrogens is 1. The van der Waals surface area contributed by atoms with Gasteiger partial charge in [0.25, 0.3) is 11.6 Å². The Morgan fingerprint density at radius 2 is 2.00 bits per heavy atom. The van der Waals surface area contributed by atoms with E-state index in [9.17, 15) is 19.7 Å². The van der Waals surface area contributed by atoms with Gasteiger partial charge in [0.05, 0.1) is 4.92 Å². The number of benzene rings is 2. The predicted molar refractivity (Wildman–Crippen MR) is 124 cm³/mol. The van der Waals surface area contributed by atoms with Gasteiger partial charge in [0.1, 0.15) is 6.04 Å². The first-order valence-corrected chi connectivity index (χ1v) is 11.3. The monoisotopic (exact) mass is 440 g/mol. The number of thioether (sulfide) groups is 1. The summed E-state index contributed by atoms with van der Waals surface area (Å²) < 4.78 is 2.11. The molecule has 9 heteroatoms. The highest BCUT2D eigenvalue weighted by molar-refractivity contribution is 7.98. The van der Waals surface area contributed by atoms with Crippen LogP contribution < -0.4 is 10.6 Å². The molecular formula is C22H24N4O4S. The lowest BCUT2D eigenvalue weighted by atomic mass is 10.1. The van der Waals surface area contributed by atoms with Crippen molar-refractivity contribution in [3.63, 3.8) is 0 Å². The summed E-state index contributed by atoms with van der Waals surface area (Å²) in [5.74, 6) is -0.186. The van der Waals surface area contributed by atoms with E-state index in [-0.39, 0.29) is 17.2 Å². The Kier molecular flexibility index (Phi) is 7.30. The number of nitrogens with one attached hydrogen (secondary N) is 2. The molecule has 0 saturated carbocycles. The van der Waals surface area contributed by atoms with Gasteiger partial charge in [-0.1, -0.05) is 6.07 Å². The molecule has 0 bridgehead atoms. The molecule has 0 aliphatic rings. The highest BCUT2D eigenvalue weighted by atomic mass is 32.2. The summed E-state index contributed by atoms with van der Waals surface area (Å²) in [6, 6.07) is 12.3. The molecule has 2 N–H and O–H groups in total. The molecule has 2 amide bonds. The summed E-state index contributed by atoms with van der Waals surface area (Å²) in [7, 11) is 0. The van der Waals surface area contributed by atoms with Crippen LogP contribution in [0, 0.1) is 10.1 Å². The third-order valence-electron chi connectivity index (χ3n) is 4.93. The molecule has 31 heavy (non-hydrogen) atoms. The SMILES string of the molecule is CCn1ccc2cc(NC(=O)C(CCSC)NC(=O)c3cccc([N+](=O)[O-])c3)ccc21. The van der Waals surface area contributed by atoms with Gasteiger partial charge < -0.3 is 15.2 Å². The number of aryl methyl sites for hydroxylation is 1. The quantitative estimate of drug-likeness (QED) is 0.385. The first kappa shape index (κ1) is 22.4. The minimum atomic E-state index is -0.768. The number of amides is 2. The molecule has 1 atom stereocenters. The number of hydrogen-bond donors (Lipinski definition) is 2. The summed E-state index contributed by atoms with van der Waals surface area (Å²) in [6.07, 6.45) is 4.35. The highest BCUT2D eigenvalue weighted by Crippen LogP contribution is 2.21. The number of nitro groups is 1. The lowest BCUT2D eigenvalue weighted by molar-refractivity contribution is -0.384.